The Kier molecular flexibility index (Phi) is 16.4. The second kappa shape index (κ2) is 6.96. The fourth-order valence-electron chi connectivity index (χ4n) is 0. The summed E-state index contributed by atoms with van der Waals surface area (Å²) in [6, 6.07) is 0. The van der Waals surface area contributed by atoms with Crippen LogP contribution < -0.4 is 0 Å². The average molecular weight is 416 g/mol. The maximum absolute atomic E-state index is 8.88. The first-order valence-corrected chi connectivity index (χ1v) is 2.35. The molecule has 0 atom stereocenters. The molecule has 0 aromatic heterocycles. The molecule has 0 heterocycles. The Morgan fingerprint density at radius 2 is 1.14 bits per heavy atom. The van der Waals surface area contributed by atoms with E-state index in [0.717, 1.165) is 0 Å². The average Bonchev–Trinajstić information content (AvgIpc) is 0.722. The van der Waals surface area contributed by atoms with E-state index >= 15 is 0 Å². The van der Waals surface area contributed by atoms with Gasteiger partial charge in [0.05, 0.1) is 0 Å². The molecule has 0 spiro atoms. The molecular weight excluding hydrogens is 412 g/mol. The zero-order valence-electron chi connectivity index (χ0n) is 2.61. The van der Waals surface area contributed by atoms with Gasteiger partial charge in [-0.25, -0.2) is 4.57 Å². The van der Waals surface area contributed by atoms with Crippen molar-refractivity contribution in [3.8, 4) is 0 Å². The molecule has 0 aromatic rings. The van der Waals surface area contributed by atoms with Gasteiger partial charge in [0.1, 0.15) is 0 Å². The third-order valence-corrected chi connectivity index (χ3v) is 0. The van der Waals surface area contributed by atoms with E-state index in [4.69, 9.17) is 19.2 Å². The van der Waals surface area contributed by atoms with E-state index in [1.165, 1.54) is 0 Å². The SMILES string of the molecule is O=P(O)(O)O.[CsH].[W]. The molecule has 40 valence electrons. The van der Waals surface area contributed by atoms with Gasteiger partial charge in [0.2, 0.25) is 0 Å². The van der Waals surface area contributed by atoms with Gasteiger partial charge in [-0.05, 0) is 0 Å². The van der Waals surface area contributed by atoms with E-state index in [-0.39, 0.29) is 90.0 Å². The van der Waals surface area contributed by atoms with Gasteiger partial charge >= 0.3 is 76.7 Å². The monoisotopic (exact) mass is 416 g/mol. The van der Waals surface area contributed by atoms with Crippen LogP contribution in [-0.4, -0.2) is 83.6 Å². The van der Waals surface area contributed by atoms with E-state index in [0.29, 0.717) is 0 Å². The summed E-state index contributed by atoms with van der Waals surface area (Å²) in [5.41, 5.74) is 0. The number of hydrogen-bond acceptors (Lipinski definition) is 1. The Morgan fingerprint density at radius 1 is 1.14 bits per heavy atom. The van der Waals surface area contributed by atoms with Gasteiger partial charge in [0, 0.05) is 21.1 Å². The van der Waals surface area contributed by atoms with Crippen LogP contribution in [0.3, 0.4) is 0 Å². The van der Waals surface area contributed by atoms with Crippen LogP contribution in [-0.2, 0) is 25.6 Å². The summed E-state index contributed by atoms with van der Waals surface area (Å²) in [5, 5.41) is 0. The molecule has 7 heteroatoms. The number of hydrogen-bond donors (Lipinski definition) is 3. The van der Waals surface area contributed by atoms with Gasteiger partial charge in [0.15, 0.2) is 0 Å². The minimum atomic E-state index is -4.64. The molecule has 0 fully saturated rings. The summed E-state index contributed by atoms with van der Waals surface area (Å²) in [4.78, 5) is 21.6. The molecule has 0 saturated carbocycles. The largest absolute Gasteiger partial charge is 0 e. The van der Waals surface area contributed by atoms with Crippen molar-refractivity contribution in [2.45, 2.75) is 0 Å². The fraction of sp³-hybridized carbons (Fsp3) is 0. The van der Waals surface area contributed by atoms with Crippen molar-refractivity contribution < 1.29 is 40.3 Å². The molecule has 3 N–H and O–H groups in total. The Bertz CT molecular complexity index is 57.8. The molecule has 0 amide bonds. The van der Waals surface area contributed by atoms with Gasteiger partial charge in [0.25, 0.3) is 0 Å². The van der Waals surface area contributed by atoms with Crippen molar-refractivity contribution >= 4 is 76.7 Å². The van der Waals surface area contributed by atoms with Crippen LogP contribution in [0.4, 0.5) is 0 Å². The molecule has 0 aromatic carbocycles. The van der Waals surface area contributed by atoms with Crippen molar-refractivity contribution in [1.29, 1.82) is 0 Å². The van der Waals surface area contributed by atoms with Gasteiger partial charge < -0.3 is 14.7 Å². The standard InChI is InChI=1S/Cs.H3O4P.W.H/c;1-5(2,3)4;;/h;(H3,1,2,3,4);;. The Hall–Kier alpha value is 2.85. The fourth-order valence-corrected chi connectivity index (χ4v) is 0. The first-order chi connectivity index (χ1) is 2.00. The van der Waals surface area contributed by atoms with Crippen molar-refractivity contribution in [2.24, 2.45) is 0 Å². The van der Waals surface area contributed by atoms with Crippen molar-refractivity contribution in [1.82, 2.24) is 0 Å². The maximum Gasteiger partial charge on any atom is 0 e. The third kappa shape index (κ3) is 51.1. The van der Waals surface area contributed by atoms with Crippen LogP contribution in [0.5, 0.6) is 0 Å². The number of rotatable bonds is 0. The molecule has 7 heavy (non-hydrogen) atoms. The minimum absolute atomic E-state index is 0. The van der Waals surface area contributed by atoms with Crippen LogP contribution >= 0.6 is 7.82 Å². The molecule has 0 aliphatic heterocycles. The molecule has 0 saturated heterocycles. The quantitative estimate of drug-likeness (QED) is 0.417. The zero-order chi connectivity index (χ0) is 4.50. The Morgan fingerprint density at radius 3 is 1.14 bits per heavy atom. The summed E-state index contributed by atoms with van der Waals surface area (Å²) < 4.78 is 8.88. The third-order valence-electron chi connectivity index (χ3n) is 0. The van der Waals surface area contributed by atoms with E-state index in [2.05, 4.69) is 0 Å². The minimum Gasteiger partial charge on any atom is 0 e. The van der Waals surface area contributed by atoms with Crippen LogP contribution in [0.25, 0.3) is 0 Å². The molecular formula is H4CsO4PW. The van der Waals surface area contributed by atoms with Gasteiger partial charge in [-0.15, -0.1) is 0 Å². The summed E-state index contributed by atoms with van der Waals surface area (Å²) in [6.45, 7) is 0. The molecule has 0 aliphatic rings. The van der Waals surface area contributed by atoms with Crippen LogP contribution in [0.2, 0.25) is 0 Å². The van der Waals surface area contributed by atoms with Gasteiger partial charge in [-0.3, -0.25) is 0 Å². The summed E-state index contributed by atoms with van der Waals surface area (Å²) in [7, 11) is -4.64. The summed E-state index contributed by atoms with van der Waals surface area (Å²) in [6.07, 6.45) is 0. The summed E-state index contributed by atoms with van der Waals surface area (Å²) >= 11 is 0. The van der Waals surface area contributed by atoms with Crippen molar-refractivity contribution in [3.05, 3.63) is 0 Å². The molecule has 0 bridgehead atoms. The van der Waals surface area contributed by atoms with E-state index < -0.39 is 7.82 Å². The van der Waals surface area contributed by atoms with E-state index in [9.17, 15) is 0 Å². The first-order valence-electron chi connectivity index (χ1n) is 0.783. The second-order valence-electron chi connectivity index (χ2n) is 0.513. The van der Waals surface area contributed by atoms with E-state index in [1.807, 2.05) is 0 Å². The molecule has 0 aliphatic carbocycles. The Labute approximate surface area is 114 Å². The molecule has 0 rings (SSSR count). The predicted molar refractivity (Wildman–Crippen MR) is 21.4 cm³/mol. The van der Waals surface area contributed by atoms with Crippen LogP contribution in [0.15, 0.2) is 0 Å². The Balaban J connectivity index is -0.0000000800. The second-order valence-corrected chi connectivity index (χ2v) is 1.54. The predicted octanol–water partition coefficient (Wildman–Crippen LogP) is -1.58. The topological polar surface area (TPSA) is 77.8 Å². The van der Waals surface area contributed by atoms with Crippen molar-refractivity contribution in [2.75, 3.05) is 0 Å². The van der Waals surface area contributed by atoms with Crippen LogP contribution in [0.1, 0.15) is 0 Å². The molecule has 4 nitrogen and oxygen atoms in total. The van der Waals surface area contributed by atoms with Crippen LogP contribution in [0, 0.1) is 0 Å². The molecule has 0 radical (unpaired) electrons. The maximum atomic E-state index is 8.88. The normalized spacial score (nSPS) is 8.43. The van der Waals surface area contributed by atoms with Gasteiger partial charge in [-0.1, -0.05) is 0 Å². The molecule has 0 unspecified atom stereocenters. The number of phosphoric acid groups is 1. The smallest absolute Gasteiger partial charge is 0 e. The summed E-state index contributed by atoms with van der Waals surface area (Å²) in [5.74, 6) is 0. The van der Waals surface area contributed by atoms with E-state index in [1.54, 1.807) is 0 Å². The zero-order valence-corrected chi connectivity index (χ0v) is 6.43. The van der Waals surface area contributed by atoms with Gasteiger partial charge in [-0.2, -0.15) is 0 Å². The van der Waals surface area contributed by atoms with Crippen molar-refractivity contribution in [3.63, 3.8) is 0 Å². The first kappa shape index (κ1) is 16.4.